The third-order valence-corrected chi connectivity index (χ3v) is 4.03. The standard InChI is InChI=1S/C18H25N3O3/c1-4-22-14-11-13(12-15(23-5-2)17(14)24-6-3)18-20-19-16-9-7-8-10-21(16)18/h11-12H,4-10H2,1-3H3. The predicted octanol–water partition coefficient (Wildman–Crippen LogP) is 3.48. The molecule has 0 saturated heterocycles. The van der Waals surface area contributed by atoms with Crippen molar-refractivity contribution in [2.45, 2.75) is 46.6 Å². The molecule has 1 aliphatic heterocycles. The maximum atomic E-state index is 5.80. The molecule has 6 nitrogen and oxygen atoms in total. The summed E-state index contributed by atoms with van der Waals surface area (Å²) in [5.74, 6) is 3.96. The third kappa shape index (κ3) is 3.18. The minimum Gasteiger partial charge on any atom is -0.490 e. The van der Waals surface area contributed by atoms with Crippen LogP contribution in [-0.2, 0) is 13.0 Å². The summed E-state index contributed by atoms with van der Waals surface area (Å²) in [5, 5.41) is 8.75. The number of ether oxygens (including phenoxy) is 3. The number of nitrogens with zero attached hydrogens (tertiary/aromatic N) is 3. The van der Waals surface area contributed by atoms with Crippen molar-refractivity contribution in [3.8, 4) is 28.6 Å². The maximum Gasteiger partial charge on any atom is 0.203 e. The molecule has 0 saturated carbocycles. The van der Waals surface area contributed by atoms with E-state index < -0.39 is 0 Å². The van der Waals surface area contributed by atoms with E-state index in [0.717, 1.165) is 36.6 Å². The molecule has 130 valence electrons. The lowest BCUT2D eigenvalue weighted by Crippen LogP contribution is -2.11. The zero-order chi connectivity index (χ0) is 16.9. The molecule has 0 spiro atoms. The second-order valence-corrected chi connectivity index (χ2v) is 5.65. The fraction of sp³-hybridized carbons (Fsp3) is 0.556. The fourth-order valence-corrected chi connectivity index (χ4v) is 3.04. The second kappa shape index (κ2) is 7.55. The van der Waals surface area contributed by atoms with Crippen LogP contribution in [0.5, 0.6) is 17.2 Å². The molecule has 0 amide bonds. The molecule has 0 N–H and O–H groups in total. The quantitative estimate of drug-likeness (QED) is 0.777. The second-order valence-electron chi connectivity index (χ2n) is 5.65. The molecule has 0 radical (unpaired) electrons. The third-order valence-electron chi connectivity index (χ3n) is 4.03. The number of aromatic nitrogens is 3. The molecule has 2 heterocycles. The van der Waals surface area contributed by atoms with Gasteiger partial charge in [0.05, 0.1) is 19.8 Å². The molecule has 6 heteroatoms. The Kier molecular flexibility index (Phi) is 5.23. The van der Waals surface area contributed by atoms with Crippen molar-refractivity contribution in [3.63, 3.8) is 0 Å². The van der Waals surface area contributed by atoms with Crippen LogP contribution in [-0.4, -0.2) is 34.6 Å². The average Bonchev–Trinajstić information content (AvgIpc) is 3.02. The Morgan fingerprint density at radius 3 is 2.21 bits per heavy atom. The average molecular weight is 331 g/mol. The molecule has 2 aromatic rings. The first-order chi connectivity index (χ1) is 11.8. The van der Waals surface area contributed by atoms with Crippen LogP contribution in [0.15, 0.2) is 12.1 Å². The topological polar surface area (TPSA) is 58.4 Å². The first-order valence-corrected chi connectivity index (χ1v) is 8.77. The molecule has 1 aromatic carbocycles. The molecule has 0 atom stereocenters. The monoisotopic (exact) mass is 331 g/mol. The van der Waals surface area contributed by atoms with Gasteiger partial charge in [-0.3, -0.25) is 0 Å². The SMILES string of the molecule is CCOc1cc(-c2nnc3n2CCCC3)cc(OCC)c1OCC. The van der Waals surface area contributed by atoms with Crippen LogP contribution in [0, 0.1) is 0 Å². The van der Waals surface area contributed by atoms with Gasteiger partial charge in [0.1, 0.15) is 5.82 Å². The summed E-state index contributed by atoms with van der Waals surface area (Å²) < 4.78 is 19.6. The van der Waals surface area contributed by atoms with Gasteiger partial charge in [-0.25, -0.2) is 0 Å². The van der Waals surface area contributed by atoms with E-state index in [1.807, 2.05) is 32.9 Å². The minimum absolute atomic E-state index is 0.555. The Balaban J connectivity index is 2.09. The predicted molar refractivity (Wildman–Crippen MR) is 91.9 cm³/mol. The van der Waals surface area contributed by atoms with Gasteiger partial charge in [-0.2, -0.15) is 0 Å². The molecule has 1 aromatic heterocycles. The van der Waals surface area contributed by atoms with E-state index in [-0.39, 0.29) is 0 Å². The number of hydrogen-bond donors (Lipinski definition) is 0. The normalized spacial score (nSPS) is 13.5. The summed E-state index contributed by atoms with van der Waals surface area (Å²) in [4.78, 5) is 0. The molecule has 0 unspecified atom stereocenters. The van der Waals surface area contributed by atoms with Crippen molar-refractivity contribution in [2.24, 2.45) is 0 Å². The maximum absolute atomic E-state index is 5.80. The minimum atomic E-state index is 0.555. The van der Waals surface area contributed by atoms with Crippen LogP contribution in [0.3, 0.4) is 0 Å². The van der Waals surface area contributed by atoms with Crippen molar-refractivity contribution in [3.05, 3.63) is 18.0 Å². The lowest BCUT2D eigenvalue weighted by atomic mass is 10.1. The Morgan fingerprint density at radius 1 is 0.917 bits per heavy atom. The first kappa shape index (κ1) is 16.6. The van der Waals surface area contributed by atoms with Crippen LogP contribution in [0.25, 0.3) is 11.4 Å². The van der Waals surface area contributed by atoms with Gasteiger partial charge in [0.15, 0.2) is 17.3 Å². The lowest BCUT2D eigenvalue weighted by Gasteiger charge is -2.18. The summed E-state index contributed by atoms with van der Waals surface area (Å²) in [7, 11) is 0. The number of fused-ring (bicyclic) bond motifs is 1. The highest BCUT2D eigenvalue weighted by atomic mass is 16.5. The van der Waals surface area contributed by atoms with Crippen LogP contribution >= 0.6 is 0 Å². The number of aryl methyl sites for hydroxylation is 1. The summed E-state index contributed by atoms with van der Waals surface area (Å²) in [6.45, 7) is 8.51. The van der Waals surface area contributed by atoms with Crippen molar-refractivity contribution >= 4 is 0 Å². The molecular formula is C18H25N3O3. The zero-order valence-electron chi connectivity index (χ0n) is 14.7. The highest BCUT2D eigenvalue weighted by Gasteiger charge is 2.21. The summed E-state index contributed by atoms with van der Waals surface area (Å²) in [6.07, 6.45) is 3.32. The first-order valence-electron chi connectivity index (χ1n) is 8.77. The summed E-state index contributed by atoms with van der Waals surface area (Å²) in [5.41, 5.74) is 0.950. The molecule has 3 rings (SSSR count). The van der Waals surface area contributed by atoms with Crippen LogP contribution < -0.4 is 14.2 Å². The summed E-state index contributed by atoms with van der Waals surface area (Å²) in [6, 6.07) is 3.95. The van der Waals surface area contributed by atoms with Crippen LogP contribution in [0.1, 0.15) is 39.4 Å². The van der Waals surface area contributed by atoms with E-state index in [9.17, 15) is 0 Å². The smallest absolute Gasteiger partial charge is 0.203 e. The van der Waals surface area contributed by atoms with Gasteiger partial charge < -0.3 is 18.8 Å². The number of rotatable bonds is 7. The molecule has 0 aliphatic carbocycles. The Morgan fingerprint density at radius 2 is 1.58 bits per heavy atom. The largest absolute Gasteiger partial charge is 0.490 e. The van der Waals surface area contributed by atoms with Crippen LogP contribution in [0.4, 0.5) is 0 Å². The summed E-state index contributed by atoms with van der Waals surface area (Å²) >= 11 is 0. The van der Waals surface area contributed by atoms with Gasteiger partial charge in [0, 0.05) is 18.5 Å². The van der Waals surface area contributed by atoms with Gasteiger partial charge >= 0.3 is 0 Å². The van der Waals surface area contributed by atoms with Crippen LogP contribution in [0.2, 0.25) is 0 Å². The highest BCUT2D eigenvalue weighted by Crippen LogP contribution is 2.42. The van der Waals surface area contributed by atoms with E-state index in [1.54, 1.807) is 0 Å². The molecule has 1 aliphatic rings. The Hall–Kier alpha value is -2.24. The molecular weight excluding hydrogens is 306 g/mol. The van der Waals surface area contributed by atoms with E-state index in [2.05, 4.69) is 14.8 Å². The van der Waals surface area contributed by atoms with Gasteiger partial charge in [0.25, 0.3) is 0 Å². The van der Waals surface area contributed by atoms with Crippen molar-refractivity contribution in [1.82, 2.24) is 14.8 Å². The molecule has 0 fully saturated rings. The Bertz CT molecular complexity index is 670. The van der Waals surface area contributed by atoms with E-state index >= 15 is 0 Å². The Labute approximate surface area is 142 Å². The lowest BCUT2D eigenvalue weighted by molar-refractivity contribution is 0.261. The van der Waals surface area contributed by atoms with E-state index in [0.29, 0.717) is 37.1 Å². The van der Waals surface area contributed by atoms with Gasteiger partial charge in [-0.1, -0.05) is 0 Å². The van der Waals surface area contributed by atoms with Gasteiger partial charge in [0.2, 0.25) is 5.75 Å². The highest BCUT2D eigenvalue weighted by molar-refractivity contribution is 5.67. The van der Waals surface area contributed by atoms with Gasteiger partial charge in [-0.05, 0) is 45.7 Å². The van der Waals surface area contributed by atoms with Crippen molar-refractivity contribution in [1.29, 1.82) is 0 Å². The molecule has 0 bridgehead atoms. The number of benzene rings is 1. The van der Waals surface area contributed by atoms with E-state index in [1.165, 1.54) is 6.42 Å². The molecule has 24 heavy (non-hydrogen) atoms. The van der Waals surface area contributed by atoms with Gasteiger partial charge in [-0.15, -0.1) is 10.2 Å². The van der Waals surface area contributed by atoms with E-state index in [4.69, 9.17) is 14.2 Å². The van der Waals surface area contributed by atoms with Crippen molar-refractivity contribution < 1.29 is 14.2 Å². The fourth-order valence-electron chi connectivity index (χ4n) is 3.04. The van der Waals surface area contributed by atoms with Crippen molar-refractivity contribution in [2.75, 3.05) is 19.8 Å². The number of hydrogen-bond acceptors (Lipinski definition) is 5. The zero-order valence-corrected chi connectivity index (χ0v) is 14.7.